The SMILES string of the molecule is CCN(C(=O)COC(=O)c1ccc2c(c1)NC(=O)CCS2)c1ccccc1. The lowest BCUT2D eigenvalue weighted by atomic mass is 10.2. The molecule has 0 radical (unpaired) electrons. The Morgan fingerprint density at radius 1 is 1.19 bits per heavy atom. The van der Waals surface area contributed by atoms with Crippen LogP contribution >= 0.6 is 11.8 Å². The molecule has 2 aromatic rings. The summed E-state index contributed by atoms with van der Waals surface area (Å²) >= 11 is 1.56. The van der Waals surface area contributed by atoms with Crippen molar-refractivity contribution in [2.24, 2.45) is 0 Å². The van der Waals surface area contributed by atoms with E-state index in [-0.39, 0.29) is 18.4 Å². The predicted molar refractivity (Wildman–Crippen MR) is 105 cm³/mol. The molecule has 0 bridgehead atoms. The standard InChI is InChI=1S/C20H20N2O4S/c1-2-22(15-6-4-3-5-7-15)19(24)13-26-20(25)14-8-9-17-16(12-14)21-18(23)10-11-27-17/h3-9,12H,2,10-11,13H2,1H3,(H,21,23). The summed E-state index contributed by atoms with van der Waals surface area (Å²) in [6.45, 7) is 1.99. The van der Waals surface area contributed by atoms with Gasteiger partial charge in [-0.15, -0.1) is 11.8 Å². The highest BCUT2D eigenvalue weighted by Gasteiger charge is 2.19. The summed E-state index contributed by atoms with van der Waals surface area (Å²) in [6, 6.07) is 14.2. The molecule has 27 heavy (non-hydrogen) atoms. The first kappa shape index (κ1) is 19.0. The van der Waals surface area contributed by atoms with Crippen molar-refractivity contribution in [2.45, 2.75) is 18.2 Å². The van der Waals surface area contributed by atoms with Crippen molar-refractivity contribution in [3.05, 3.63) is 54.1 Å². The number of thioether (sulfide) groups is 1. The van der Waals surface area contributed by atoms with Gasteiger partial charge in [-0.05, 0) is 37.3 Å². The number of carbonyl (C=O) groups is 3. The van der Waals surface area contributed by atoms with Crippen LogP contribution in [0.2, 0.25) is 0 Å². The van der Waals surface area contributed by atoms with E-state index in [1.54, 1.807) is 34.9 Å². The number of hydrogen-bond acceptors (Lipinski definition) is 5. The zero-order valence-electron chi connectivity index (χ0n) is 14.9. The van der Waals surface area contributed by atoms with E-state index in [4.69, 9.17) is 4.74 Å². The second-order valence-corrected chi connectivity index (χ2v) is 7.04. The van der Waals surface area contributed by atoms with Crippen LogP contribution in [0.5, 0.6) is 0 Å². The number of para-hydroxylation sites is 1. The van der Waals surface area contributed by atoms with Crippen molar-refractivity contribution in [1.29, 1.82) is 0 Å². The van der Waals surface area contributed by atoms with E-state index in [0.717, 1.165) is 10.6 Å². The third-order valence-electron chi connectivity index (χ3n) is 4.09. The lowest BCUT2D eigenvalue weighted by Gasteiger charge is -2.20. The molecule has 6 nitrogen and oxygen atoms in total. The maximum Gasteiger partial charge on any atom is 0.338 e. The summed E-state index contributed by atoms with van der Waals surface area (Å²) in [6.07, 6.45) is 0.431. The average Bonchev–Trinajstić information content (AvgIpc) is 2.87. The molecule has 140 valence electrons. The molecule has 2 aromatic carbocycles. The van der Waals surface area contributed by atoms with Crippen molar-refractivity contribution in [2.75, 3.05) is 29.1 Å². The number of nitrogens with one attached hydrogen (secondary N) is 1. The number of esters is 1. The van der Waals surface area contributed by atoms with Gasteiger partial charge in [0.2, 0.25) is 5.91 Å². The van der Waals surface area contributed by atoms with Crippen LogP contribution in [0.4, 0.5) is 11.4 Å². The van der Waals surface area contributed by atoms with Crippen molar-refractivity contribution < 1.29 is 19.1 Å². The molecule has 0 saturated heterocycles. The highest BCUT2D eigenvalue weighted by atomic mass is 32.2. The molecule has 0 unspecified atom stereocenters. The van der Waals surface area contributed by atoms with Crippen LogP contribution < -0.4 is 10.2 Å². The monoisotopic (exact) mass is 384 g/mol. The Labute approximate surface area is 161 Å². The number of fused-ring (bicyclic) bond motifs is 1. The van der Waals surface area contributed by atoms with E-state index < -0.39 is 5.97 Å². The molecule has 0 atom stereocenters. The summed E-state index contributed by atoms with van der Waals surface area (Å²) in [4.78, 5) is 38.9. The minimum absolute atomic E-state index is 0.0802. The second-order valence-electron chi connectivity index (χ2n) is 5.91. The summed E-state index contributed by atoms with van der Waals surface area (Å²) in [5.74, 6) is -0.276. The van der Waals surface area contributed by atoms with Crippen LogP contribution in [0.15, 0.2) is 53.4 Å². The first-order valence-corrected chi connectivity index (χ1v) is 9.66. The molecule has 3 rings (SSSR count). The van der Waals surface area contributed by atoms with E-state index in [1.165, 1.54) is 0 Å². The van der Waals surface area contributed by atoms with Crippen molar-refractivity contribution in [3.63, 3.8) is 0 Å². The molecule has 1 aliphatic rings. The van der Waals surface area contributed by atoms with Crippen LogP contribution in [-0.2, 0) is 14.3 Å². The molecule has 0 saturated carbocycles. The second kappa shape index (κ2) is 8.73. The summed E-state index contributed by atoms with van der Waals surface area (Å²) in [7, 11) is 0. The Kier molecular flexibility index (Phi) is 6.13. The van der Waals surface area contributed by atoms with Gasteiger partial charge in [0.05, 0.1) is 11.3 Å². The Morgan fingerprint density at radius 2 is 1.96 bits per heavy atom. The molecule has 0 spiro atoms. The molecule has 0 aliphatic carbocycles. The van der Waals surface area contributed by atoms with Crippen LogP contribution in [0, 0.1) is 0 Å². The Morgan fingerprint density at radius 3 is 2.70 bits per heavy atom. The summed E-state index contributed by atoms with van der Waals surface area (Å²) < 4.78 is 5.19. The van der Waals surface area contributed by atoms with E-state index in [0.29, 0.717) is 30.0 Å². The number of carbonyl (C=O) groups excluding carboxylic acids is 3. The van der Waals surface area contributed by atoms with Gasteiger partial charge in [0, 0.05) is 29.3 Å². The molecule has 2 amide bonds. The normalized spacial score (nSPS) is 13.1. The molecule has 1 N–H and O–H groups in total. The lowest BCUT2D eigenvalue weighted by molar-refractivity contribution is -0.121. The Hall–Kier alpha value is -2.80. The number of nitrogens with zero attached hydrogens (tertiary/aromatic N) is 1. The molecular formula is C20H20N2O4S. The van der Waals surface area contributed by atoms with Crippen molar-refractivity contribution in [1.82, 2.24) is 0 Å². The zero-order valence-corrected chi connectivity index (χ0v) is 15.8. The van der Waals surface area contributed by atoms with Gasteiger partial charge in [0.1, 0.15) is 0 Å². The first-order valence-electron chi connectivity index (χ1n) is 8.67. The van der Waals surface area contributed by atoms with Crippen molar-refractivity contribution in [3.8, 4) is 0 Å². The number of amides is 2. The summed E-state index contributed by atoms with van der Waals surface area (Å²) in [5.41, 5.74) is 1.65. The number of likely N-dealkylation sites (N-methyl/N-ethyl adjacent to an activating group) is 1. The number of ether oxygens (including phenoxy) is 1. The van der Waals surface area contributed by atoms with Crippen LogP contribution in [0.25, 0.3) is 0 Å². The van der Waals surface area contributed by atoms with Gasteiger partial charge in [0.25, 0.3) is 5.91 Å². The third kappa shape index (κ3) is 4.68. The number of hydrogen-bond donors (Lipinski definition) is 1. The Bertz CT molecular complexity index is 854. The largest absolute Gasteiger partial charge is 0.452 e. The highest BCUT2D eigenvalue weighted by molar-refractivity contribution is 7.99. The van der Waals surface area contributed by atoms with E-state index in [9.17, 15) is 14.4 Å². The number of rotatable bonds is 5. The molecule has 1 heterocycles. The maximum atomic E-state index is 12.4. The fraction of sp³-hybridized carbons (Fsp3) is 0.250. The van der Waals surface area contributed by atoms with E-state index >= 15 is 0 Å². The van der Waals surface area contributed by atoms with Gasteiger partial charge in [-0.25, -0.2) is 4.79 Å². The maximum absolute atomic E-state index is 12.4. The van der Waals surface area contributed by atoms with E-state index in [2.05, 4.69) is 5.32 Å². The van der Waals surface area contributed by atoms with Crippen LogP contribution in [0.3, 0.4) is 0 Å². The van der Waals surface area contributed by atoms with Gasteiger partial charge >= 0.3 is 5.97 Å². The van der Waals surface area contributed by atoms with Crippen molar-refractivity contribution >= 4 is 40.9 Å². The van der Waals surface area contributed by atoms with Gasteiger partial charge in [0.15, 0.2) is 6.61 Å². The fourth-order valence-electron chi connectivity index (χ4n) is 2.75. The molecule has 1 aliphatic heterocycles. The van der Waals surface area contributed by atoms with Gasteiger partial charge in [-0.3, -0.25) is 9.59 Å². The van der Waals surface area contributed by atoms with Gasteiger partial charge in [-0.1, -0.05) is 18.2 Å². The quantitative estimate of drug-likeness (QED) is 0.801. The number of anilines is 2. The average molecular weight is 384 g/mol. The fourth-order valence-corrected chi connectivity index (χ4v) is 3.68. The molecule has 0 aromatic heterocycles. The van der Waals surface area contributed by atoms with Crippen LogP contribution in [-0.4, -0.2) is 36.7 Å². The topological polar surface area (TPSA) is 75.7 Å². The summed E-state index contributed by atoms with van der Waals surface area (Å²) in [5, 5.41) is 2.79. The third-order valence-corrected chi connectivity index (χ3v) is 5.16. The predicted octanol–water partition coefficient (Wildman–Crippen LogP) is 3.33. The van der Waals surface area contributed by atoms with Gasteiger partial charge < -0.3 is 15.0 Å². The molecular weight excluding hydrogens is 364 g/mol. The zero-order chi connectivity index (χ0) is 19.2. The number of benzene rings is 2. The smallest absolute Gasteiger partial charge is 0.338 e. The lowest BCUT2D eigenvalue weighted by Crippen LogP contribution is -2.34. The molecule has 7 heteroatoms. The molecule has 0 fully saturated rings. The van der Waals surface area contributed by atoms with Gasteiger partial charge in [-0.2, -0.15) is 0 Å². The van der Waals surface area contributed by atoms with E-state index in [1.807, 2.05) is 37.3 Å². The minimum atomic E-state index is -0.598. The highest BCUT2D eigenvalue weighted by Crippen LogP contribution is 2.31. The first-order chi connectivity index (χ1) is 13.1. The Balaban J connectivity index is 1.65. The minimum Gasteiger partial charge on any atom is -0.452 e. The van der Waals surface area contributed by atoms with Crippen LogP contribution in [0.1, 0.15) is 23.7 Å².